The van der Waals surface area contributed by atoms with Gasteiger partial charge in [-0.05, 0) is 6.07 Å². The number of nitrogens with one attached hydrogen (secondary N) is 1. The van der Waals surface area contributed by atoms with Crippen LogP contribution in [0.3, 0.4) is 0 Å². The maximum absolute atomic E-state index is 13.4. The van der Waals surface area contributed by atoms with Gasteiger partial charge in [-0.1, -0.05) is 0 Å². The predicted molar refractivity (Wildman–Crippen MR) is 55.7 cm³/mol. The zero-order valence-corrected chi connectivity index (χ0v) is 10.5. The van der Waals surface area contributed by atoms with E-state index in [1.54, 1.807) is 0 Å². The first-order valence-corrected chi connectivity index (χ1v) is 5.46. The van der Waals surface area contributed by atoms with Crippen LogP contribution in [-0.4, -0.2) is 26.2 Å². The van der Waals surface area contributed by atoms with E-state index in [-0.39, 0.29) is 0 Å². The first kappa shape index (κ1) is 16.2. The highest BCUT2D eigenvalue weighted by Crippen LogP contribution is 2.49. The smallest absolute Gasteiger partial charge is 0.276 e. The van der Waals surface area contributed by atoms with Crippen LogP contribution in [0.25, 0.3) is 11.4 Å². The summed E-state index contributed by atoms with van der Waals surface area (Å²) in [6.45, 7) is 0. The second kappa shape index (κ2) is 4.68. The number of hydrogen-bond donors (Lipinski definition) is 1. The lowest BCUT2D eigenvalue weighted by Crippen LogP contribution is -2.36. The third-order valence-corrected chi connectivity index (χ3v) is 2.74. The molecule has 2 aromatic rings. The van der Waals surface area contributed by atoms with Gasteiger partial charge in [-0.2, -0.15) is 45.3 Å². The monoisotopic (exact) mass is 334 g/mol. The van der Waals surface area contributed by atoms with Crippen molar-refractivity contribution in [3.63, 3.8) is 0 Å². The Hall–Kier alpha value is -2.14. The lowest BCUT2D eigenvalue weighted by Gasteiger charge is -2.19. The number of rotatable bonds is 2. The Morgan fingerprint density at radius 1 is 1.05 bits per heavy atom. The summed E-state index contributed by atoms with van der Waals surface area (Å²) in [4.78, 5) is 0. The number of aromatic amines is 1. The summed E-state index contributed by atoms with van der Waals surface area (Å²) in [5.74, 6) is -5.76. The second-order valence-electron chi connectivity index (χ2n) is 4.24. The number of nitrogens with zero attached hydrogens (tertiary/aromatic N) is 3. The number of alkyl halides is 8. The van der Waals surface area contributed by atoms with Crippen molar-refractivity contribution in [1.82, 2.24) is 20.0 Å². The van der Waals surface area contributed by atoms with E-state index in [9.17, 15) is 35.1 Å². The maximum atomic E-state index is 13.4. The summed E-state index contributed by atoms with van der Waals surface area (Å²) < 4.78 is 103. The molecule has 0 saturated heterocycles. The average molecular weight is 334 g/mol. The van der Waals surface area contributed by atoms with Gasteiger partial charge in [-0.3, -0.25) is 9.78 Å². The Morgan fingerprint density at radius 2 is 1.64 bits per heavy atom. The molecule has 2 aromatic heterocycles. The first-order valence-electron chi connectivity index (χ1n) is 5.46. The van der Waals surface area contributed by atoms with Gasteiger partial charge in [0, 0.05) is 13.2 Å². The van der Waals surface area contributed by atoms with Crippen molar-refractivity contribution in [2.24, 2.45) is 7.05 Å². The number of aromatic nitrogens is 4. The van der Waals surface area contributed by atoms with Gasteiger partial charge in [0.1, 0.15) is 5.56 Å². The lowest BCUT2D eigenvalue weighted by atomic mass is 10.1. The minimum atomic E-state index is -6.22. The van der Waals surface area contributed by atoms with Crippen molar-refractivity contribution in [2.45, 2.75) is 18.3 Å². The molecule has 12 heteroatoms. The van der Waals surface area contributed by atoms with E-state index < -0.39 is 40.9 Å². The van der Waals surface area contributed by atoms with E-state index in [1.807, 2.05) is 0 Å². The Kier molecular flexibility index (Phi) is 3.45. The Bertz CT molecular complexity index is 664. The van der Waals surface area contributed by atoms with Crippen LogP contribution in [0.15, 0.2) is 12.3 Å². The molecule has 2 rings (SSSR count). The van der Waals surface area contributed by atoms with Crippen molar-refractivity contribution in [2.75, 3.05) is 0 Å². The van der Waals surface area contributed by atoms with E-state index in [0.717, 1.165) is 19.3 Å². The van der Waals surface area contributed by atoms with Crippen molar-refractivity contribution in [3.8, 4) is 11.4 Å². The molecule has 0 radical (unpaired) electrons. The summed E-state index contributed by atoms with van der Waals surface area (Å²) >= 11 is 0. The molecule has 22 heavy (non-hydrogen) atoms. The van der Waals surface area contributed by atoms with Gasteiger partial charge < -0.3 is 0 Å². The van der Waals surface area contributed by atoms with E-state index in [1.165, 1.54) is 0 Å². The SMILES string of the molecule is Cn1nc(C(F)(F)C(F)(F)F)c(C(F)(F)F)c1-c1ccn[nH]1. The highest BCUT2D eigenvalue weighted by atomic mass is 19.4. The van der Waals surface area contributed by atoms with Crippen molar-refractivity contribution < 1.29 is 35.1 Å². The lowest BCUT2D eigenvalue weighted by molar-refractivity contribution is -0.292. The van der Waals surface area contributed by atoms with E-state index in [0.29, 0.717) is 4.68 Å². The third-order valence-electron chi connectivity index (χ3n) is 2.74. The number of aryl methyl sites for hydroxylation is 1. The van der Waals surface area contributed by atoms with Crippen molar-refractivity contribution >= 4 is 0 Å². The molecular formula is C10H6F8N4. The summed E-state index contributed by atoms with van der Waals surface area (Å²) in [5.41, 5.74) is -5.93. The summed E-state index contributed by atoms with van der Waals surface area (Å²) in [6, 6.07) is 0.988. The molecule has 0 aromatic carbocycles. The van der Waals surface area contributed by atoms with Crippen molar-refractivity contribution in [3.05, 3.63) is 23.5 Å². The molecule has 4 nitrogen and oxygen atoms in total. The fraction of sp³-hybridized carbons (Fsp3) is 0.400. The van der Waals surface area contributed by atoms with Crippen LogP contribution >= 0.6 is 0 Å². The minimum absolute atomic E-state index is 0.297. The molecule has 0 saturated carbocycles. The van der Waals surface area contributed by atoms with Crippen LogP contribution in [0.1, 0.15) is 11.3 Å². The highest BCUT2D eigenvalue weighted by Gasteiger charge is 2.64. The topological polar surface area (TPSA) is 46.5 Å². The van der Waals surface area contributed by atoms with Gasteiger partial charge in [-0.25, -0.2) is 0 Å². The van der Waals surface area contributed by atoms with Crippen molar-refractivity contribution in [1.29, 1.82) is 0 Å². The minimum Gasteiger partial charge on any atom is -0.276 e. The molecule has 122 valence electrons. The Balaban J connectivity index is 2.81. The van der Waals surface area contributed by atoms with Gasteiger partial charge in [0.15, 0.2) is 5.69 Å². The summed E-state index contributed by atoms with van der Waals surface area (Å²) in [5, 5.41) is 8.16. The van der Waals surface area contributed by atoms with Gasteiger partial charge in [0.25, 0.3) is 0 Å². The molecule has 0 aliphatic heterocycles. The Morgan fingerprint density at radius 3 is 2.05 bits per heavy atom. The van der Waals surface area contributed by atoms with Gasteiger partial charge in [0.2, 0.25) is 0 Å². The molecule has 2 heterocycles. The van der Waals surface area contributed by atoms with Crippen LogP contribution in [0.4, 0.5) is 35.1 Å². The fourth-order valence-corrected chi connectivity index (χ4v) is 1.84. The quantitative estimate of drug-likeness (QED) is 0.855. The number of halogens is 8. The molecule has 0 aliphatic rings. The molecular weight excluding hydrogens is 328 g/mol. The normalized spacial score (nSPS) is 13.7. The molecule has 0 spiro atoms. The number of H-pyrrole nitrogens is 1. The Labute approximate surface area is 116 Å². The average Bonchev–Trinajstić information content (AvgIpc) is 2.92. The molecule has 1 N–H and O–H groups in total. The standard InChI is InChI=1S/C10H6F8N4/c1-22-6(4-2-3-19-20-4)5(9(13,14)15)7(21-22)8(11,12)10(16,17)18/h2-3H,1H3,(H,19,20). The van der Waals surface area contributed by atoms with E-state index in [4.69, 9.17) is 0 Å². The van der Waals surface area contributed by atoms with Gasteiger partial charge in [0.05, 0.1) is 11.4 Å². The van der Waals surface area contributed by atoms with Gasteiger partial charge in [-0.15, -0.1) is 0 Å². The molecule has 0 aliphatic carbocycles. The van der Waals surface area contributed by atoms with E-state index in [2.05, 4.69) is 15.3 Å². The third kappa shape index (κ3) is 2.41. The van der Waals surface area contributed by atoms with Crippen LogP contribution in [0.5, 0.6) is 0 Å². The molecule has 0 fully saturated rings. The first-order chi connectivity index (χ1) is 9.87. The fourth-order valence-electron chi connectivity index (χ4n) is 1.84. The second-order valence-corrected chi connectivity index (χ2v) is 4.24. The predicted octanol–water partition coefficient (Wildman–Crippen LogP) is 3.48. The summed E-state index contributed by atoms with van der Waals surface area (Å²) in [7, 11) is 0.821. The summed E-state index contributed by atoms with van der Waals surface area (Å²) in [6.07, 6.45) is -10.7. The van der Waals surface area contributed by atoms with Crippen LogP contribution in [-0.2, 0) is 19.1 Å². The number of hydrogen-bond acceptors (Lipinski definition) is 2. The molecule has 0 bridgehead atoms. The molecule has 0 amide bonds. The zero-order valence-electron chi connectivity index (χ0n) is 10.5. The largest absolute Gasteiger partial charge is 0.459 e. The highest BCUT2D eigenvalue weighted by molar-refractivity contribution is 5.62. The van der Waals surface area contributed by atoms with Crippen LogP contribution < -0.4 is 0 Å². The maximum Gasteiger partial charge on any atom is 0.459 e. The molecule has 0 unspecified atom stereocenters. The van der Waals surface area contributed by atoms with Crippen LogP contribution in [0, 0.1) is 0 Å². The zero-order chi connectivity index (χ0) is 16.9. The molecule has 0 atom stereocenters. The van der Waals surface area contributed by atoms with Crippen LogP contribution in [0.2, 0.25) is 0 Å². The van der Waals surface area contributed by atoms with E-state index >= 15 is 0 Å². The van der Waals surface area contributed by atoms with Gasteiger partial charge >= 0.3 is 18.3 Å².